The minimum Gasteiger partial charge on any atom is -0.493 e. The number of rotatable bonds is 0. The van der Waals surface area contributed by atoms with Gasteiger partial charge in [0.15, 0.2) is 0 Å². The summed E-state index contributed by atoms with van der Waals surface area (Å²) in [6.45, 7) is 0.591. The first-order chi connectivity index (χ1) is 6.84. The molecule has 0 aliphatic carbocycles. The molecule has 0 spiro atoms. The zero-order chi connectivity index (χ0) is 9.54. The standard InChI is InChI=1S/C11H10O3/c12-10-5-7-6-13-9-4-2-1-3-8(9)11(7)14-10/h1-4,7,11H,5-6H2/t7?,11-/m0/s1. The number of fused-ring (bicyclic) bond motifs is 3. The van der Waals surface area contributed by atoms with Gasteiger partial charge in [0.05, 0.1) is 13.0 Å². The fraction of sp³-hybridized carbons (Fsp3) is 0.364. The lowest BCUT2D eigenvalue weighted by atomic mass is 9.93. The third kappa shape index (κ3) is 1.02. The second-order valence-electron chi connectivity index (χ2n) is 3.72. The number of para-hydroxylation sites is 1. The zero-order valence-electron chi connectivity index (χ0n) is 7.60. The van der Waals surface area contributed by atoms with Crippen molar-refractivity contribution in [3.8, 4) is 5.75 Å². The van der Waals surface area contributed by atoms with Crippen LogP contribution in [0.3, 0.4) is 0 Å². The molecule has 3 heteroatoms. The van der Waals surface area contributed by atoms with Crippen LogP contribution in [0.2, 0.25) is 0 Å². The lowest BCUT2D eigenvalue weighted by Crippen LogP contribution is -2.22. The molecule has 2 aliphatic rings. The van der Waals surface area contributed by atoms with Gasteiger partial charge in [0.2, 0.25) is 0 Å². The smallest absolute Gasteiger partial charge is 0.306 e. The highest BCUT2D eigenvalue weighted by atomic mass is 16.6. The number of carbonyl (C=O) groups excluding carboxylic acids is 1. The molecule has 14 heavy (non-hydrogen) atoms. The van der Waals surface area contributed by atoms with E-state index in [-0.39, 0.29) is 18.0 Å². The summed E-state index contributed by atoms with van der Waals surface area (Å²) < 4.78 is 10.8. The van der Waals surface area contributed by atoms with Crippen LogP contribution in [0.4, 0.5) is 0 Å². The van der Waals surface area contributed by atoms with Crippen molar-refractivity contribution in [1.29, 1.82) is 0 Å². The summed E-state index contributed by atoms with van der Waals surface area (Å²) in [5.41, 5.74) is 1.01. The molecule has 72 valence electrons. The zero-order valence-corrected chi connectivity index (χ0v) is 7.60. The number of ether oxygens (including phenoxy) is 2. The van der Waals surface area contributed by atoms with E-state index in [1.807, 2.05) is 24.3 Å². The van der Waals surface area contributed by atoms with E-state index < -0.39 is 0 Å². The Labute approximate surface area is 81.6 Å². The quantitative estimate of drug-likeness (QED) is 0.584. The molecule has 3 nitrogen and oxygen atoms in total. The van der Waals surface area contributed by atoms with Crippen LogP contribution >= 0.6 is 0 Å². The molecule has 0 amide bonds. The highest BCUT2D eigenvalue weighted by Gasteiger charge is 2.40. The summed E-state index contributed by atoms with van der Waals surface area (Å²) >= 11 is 0. The van der Waals surface area contributed by atoms with E-state index in [2.05, 4.69) is 0 Å². The van der Waals surface area contributed by atoms with Crippen LogP contribution in [-0.2, 0) is 9.53 Å². The van der Waals surface area contributed by atoms with Crippen molar-refractivity contribution in [3.63, 3.8) is 0 Å². The average Bonchev–Trinajstić information content (AvgIpc) is 2.59. The summed E-state index contributed by atoms with van der Waals surface area (Å²) in [6.07, 6.45) is 0.409. The molecule has 2 heterocycles. The molecule has 1 aromatic rings. The Morgan fingerprint density at radius 1 is 1.29 bits per heavy atom. The molecule has 2 atom stereocenters. The van der Waals surface area contributed by atoms with Crippen molar-refractivity contribution >= 4 is 5.97 Å². The summed E-state index contributed by atoms with van der Waals surface area (Å²) in [4.78, 5) is 11.1. The number of benzene rings is 1. The number of hydrogen-bond acceptors (Lipinski definition) is 3. The van der Waals surface area contributed by atoms with E-state index >= 15 is 0 Å². The van der Waals surface area contributed by atoms with E-state index in [1.165, 1.54) is 0 Å². The van der Waals surface area contributed by atoms with Gasteiger partial charge in [-0.25, -0.2) is 0 Å². The van der Waals surface area contributed by atoms with Gasteiger partial charge in [0.25, 0.3) is 0 Å². The normalized spacial score (nSPS) is 28.7. The predicted molar refractivity (Wildman–Crippen MR) is 48.9 cm³/mol. The van der Waals surface area contributed by atoms with Gasteiger partial charge in [0.1, 0.15) is 11.9 Å². The second-order valence-corrected chi connectivity index (χ2v) is 3.72. The molecular formula is C11H10O3. The van der Waals surface area contributed by atoms with E-state index in [9.17, 15) is 4.79 Å². The lowest BCUT2D eigenvalue weighted by Gasteiger charge is -2.26. The fourth-order valence-corrected chi connectivity index (χ4v) is 2.11. The first-order valence-electron chi connectivity index (χ1n) is 4.76. The summed E-state index contributed by atoms with van der Waals surface area (Å²) in [6, 6.07) is 7.75. The second kappa shape index (κ2) is 2.74. The van der Waals surface area contributed by atoms with Gasteiger partial charge in [-0.05, 0) is 6.07 Å². The number of esters is 1. The predicted octanol–water partition coefficient (Wildman–Crippen LogP) is 1.68. The third-order valence-electron chi connectivity index (χ3n) is 2.79. The van der Waals surface area contributed by atoms with Gasteiger partial charge in [-0.15, -0.1) is 0 Å². The minimum atomic E-state index is -0.111. The van der Waals surface area contributed by atoms with Crippen LogP contribution in [0.5, 0.6) is 5.75 Å². The molecule has 0 radical (unpaired) electrons. The first-order valence-corrected chi connectivity index (χ1v) is 4.76. The van der Waals surface area contributed by atoms with Crippen molar-refractivity contribution in [2.45, 2.75) is 12.5 Å². The Morgan fingerprint density at radius 3 is 3.07 bits per heavy atom. The van der Waals surface area contributed by atoms with Crippen molar-refractivity contribution < 1.29 is 14.3 Å². The van der Waals surface area contributed by atoms with Gasteiger partial charge in [-0.2, -0.15) is 0 Å². The maximum absolute atomic E-state index is 11.1. The maximum atomic E-state index is 11.1. The molecule has 2 aliphatic heterocycles. The first kappa shape index (κ1) is 7.85. The lowest BCUT2D eigenvalue weighted by molar-refractivity contribution is -0.142. The highest BCUT2D eigenvalue weighted by molar-refractivity contribution is 5.73. The van der Waals surface area contributed by atoms with E-state index in [0.717, 1.165) is 11.3 Å². The SMILES string of the molecule is O=C1CC2COc3ccccc3[C@H]2O1. The molecule has 1 saturated heterocycles. The largest absolute Gasteiger partial charge is 0.493 e. The molecule has 0 saturated carbocycles. The van der Waals surface area contributed by atoms with Crippen molar-refractivity contribution in [1.82, 2.24) is 0 Å². The number of carbonyl (C=O) groups is 1. The van der Waals surface area contributed by atoms with Gasteiger partial charge in [-0.1, -0.05) is 18.2 Å². The minimum absolute atomic E-state index is 0.0764. The van der Waals surface area contributed by atoms with Crippen LogP contribution in [0.1, 0.15) is 18.1 Å². The Balaban J connectivity index is 2.05. The molecule has 0 bridgehead atoms. The van der Waals surface area contributed by atoms with E-state index in [0.29, 0.717) is 13.0 Å². The van der Waals surface area contributed by atoms with Crippen LogP contribution < -0.4 is 4.74 Å². The van der Waals surface area contributed by atoms with Gasteiger partial charge in [0, 0.05) is 11.5 Å². The molecule has 1 unspecified atom stereocenters. The molecule has 1 aromatic carbocycles. The van der Waals surface area contributed by atoms with Crippen LogP contribution in [-0.4, -0.2) is 12.6 Å². The molecule has 3 rings (SSSR count). The summed E-state index contributed by atoms with van der Waals surface area (Å²) in [7, 11) is 0. The molecular weight excluding hydrogens is 180 g/mol. The van der Waals surface area contributed by atoms with Crippen molar-refractivity contribution in [2.75, 3.05) is 6.61 Å². The average molecular weight is 190 g/mol. The van der Waals surface area contributed by atoms with Crippen molar-refractivity contribution in [2.24, 2.45) is 5.92 Å². The molecule has 1 fully saturated rings. The van der Waals surface area contributed by atoms with Crippen LogP contribution in [0, 0.1) is 5.92 Å². The summed E-state index contributed by atoms with van der Waals surface area (Å²) in [5, 5.41) is 0. The fourth-order valence-electron chi connectivity index (χ4n) is 2.11. The van der Waals surface area contributed by atoms with Gasteiger partial charge in [-0.3, -0.25) is 4.79 Å². The maximum Gasteiger partial charge on any atom is 0.306 e. The monoisotopic (exact) mass is 190 g/mol. The Kier molecular flexibility index (Phi) is 1.54. The topological polar surface area (TPSA) is 35.5 Å². The number of hydrogen-bond donors (Lipinski definition) is 0. The van der Waals surface area contributed by atoms with Gasteiger partial charge >= 0.3 is 5.97 Å². The molecule has 0 N–H and O–H groups in total. The molecule has 0 aromatic heterocycles. The van der Waals surface area contributed by atoms with Crippen LogP contribution in [0.15, 0.2) is 24.3 Å². The highest BCUT2D eigenvalue weighted by Crippen LogP contribution is 2.43. The third-order valence-corrected chi connectivity index (χ3v) is 2.79. The van der Waals surface area contributed by atoms with Crippen LogP contribution in [0.25, 0.3) is 0 Å². The Morgan fingerprint density at radius 2 is 2.14 bits per heavy atom. The van der Waals surface area contributed by atoms with Gasteiger partial charge < -0.3 is 9.47 Å². The Bertz CT molecular complexity index is 386. The van der Waals surface area contributed by atoms with E-state index in [1.54, 1.807) is 0 Å². The van der Waals surface area contributed by atoms with Crippen molar-refractivity contribution in [3.05, 3.63) is 29.8 Å². The summed E-state index contributed by atoms with van der Waals surface area (Å²) in [5.74, 6) is 0.946. The Hall–Kier alpha value is -1.51. The van der Waals surface area contributed by atoms with E-state index in [4.69, 9.17) is 9.47 Å².